The van der Waals surface area contributed by atoms with Crippen molar-refractivity contribution < 1.29 is 22.8 Å². The Morgan fingerprint density at radius 1 is 1.03 bits per heavy atom. The third-order valence-corrected chi connectivity index (χ3v) is 9.73. The number of hydrogen-bond acceptors (Lipinski definition) is 6. The summed E-state index contributed by atoms with van der Waals surface area (Å²) in [5.74, 6) is -1.20. The Bertz CT molecular complexity index is 1110. The summed E-state index contributed by atoms with van der Waals surface area (Å²) in [7, 11) is -4.01. The average Bonchev–Trinajstić information content (AvgIpc) is 2.88. The molecule has 0 aliphatic carbocycles. The molecule has 0 radical (unpaired) electrons. The number of anilines is 1. The summed E-state index contributed by atoms with van der Waals surface area (Å²) < 4.78 is 41.7. The van der Waals surface area contributed by atoms with Crippen LogP contribution in [0.1, 0.15) is 19.8 Å². The summed E-state index contributed by atoms with van der Waals surface area (Å²) in [6.07, 6.45) is 0.254. The molecule has 0 saturated carbocycles. The van der Waals surface area contributed by atoms with E-state index in [0.29, 0.717) is 37.4 Å². The Morgan fingerprint density at radius 2 is 1.68 bits per heavy atom. The van der Waals surface area contributed by atoms with Gasteiger partial charge in [0.1, 0.15) is 5.82 Å². The SMILES string of the molecule is CCN1CCC(C(=O)NO)(S(=O)(=O)N2CCN(c3ccc(-c4ccccc4)c(F)c3)CC2)CC1. The fraction of sp³-hybridized carbons (Fsp3) is 0.458. The number of rotatable bonds is 6. The lowest BCUT2D eigenvalue weighted by atomic mass is 9.95. The van der Waals surface area contributed by atoms with E-state index in [1.165, 1.54) is 10.4 Å². The van der Waals surface area contributed by atoms with Crippen LogP contribution in [0.3, 0.4) is 0 Å². The molecular weight excluding hydrogens is 459 g/mol. The van der Waals surface area contributed by atoms with E-state index in [1.54, 1.807) is 11.5 Å². The van der Waals surface area contributed by atoms with Gasteiger partial charge < -0.3 is 9.80 Å². The largest absolute Gasteiger partial charge is 0.369 e. The zero-order valence-electron chi connectivity index (χ0n) is 19.3. The molecule has 184 valence electrons. The number of halogens is 1. The number of nitrogens with one attached hydrogen (secondary N) is 1. The molecule has 10 heteroatoms. The number of nitrogens with zero attached hydrogens (tertiary/aromatic N) is 3. The number of likely N-dealkylation sites (tertiary alicyclic amines) is 1. The van der Waals surface area contributed by atoms with Crippen LogP contribution in [0.5, 0.6) is 0 Å². The molecule has 0 atom stereocenters. The first-order valence-corrected chi connectivity index (χ1v) is 13.0. The zero-order valence-corrected chi connectivity index (χ0v) is 20.1. The average molecular weight is 491 g/mol. The standard InChI is InChI=1S/C24H31FN4O4S/c1-2-27-12-10-24(11-13-27,23(30)26-31)34(32,33)29-16-14-28(15-17-29)20-8-9-21(22(25)18-20)19-6-4-3-5-7-19/h3-9,18,31H,2,10-17H2,1H3,(H,26,30). The van der Waals surface area contributed by atoms with E-state index in [-0.39, 0.29) is 31.7 Å². The number of hydrogen-bond donors (Lipinski definition) is 2. The van der Waals surface area contributed by atoms with Gasteiger partial charge in [-0.15, -0.1) is 0 Å². The number of benzene rings is 2. The second-order valence-electron chi connectivity index (χ2n) is 8.79. The monoisotopic (exact) mass is 490 g/mol. The van der Waals surface area contributed by atoms with Crippen LogP contribution in [0.2, 0.25) is 0 Å². The molecule has 0 unspecified atom stereocenters. The molecule has 2 aliphatic rings. The molecule has 34 heavy (non-hydrogen) atoms. The van der Waals surface area contributed by atoms with Crippen molar-refractivity contribution in [1.82, 2.24) is 14.7 Å². The molecule has 2 heterocycles. The smallest absolute Gasteiger partial charge is 0.266 e. The van der Waals surface area contributed by atoms with Crippen LogP contribution in [0.15, 0.2) is 48.5 Å². The van der Waals surface area contributed by atoms with Gasteiger partial charge >= 0.3 is 0 Å². The zero-order chi connectivity index (χ0) is 24.3. The Hall–Kier alpha value is -2.53. The fourth-order valence-electron chi connectivity index (χ4n) is 4.92. The van der Waals surface area contributed by atoms with E-state index >= 15 is 0 Å². The Morgan fingerprint density at radius 3 is 2.24 bits per heavy atom. The molecule has 0 bridgehead atoms. The quantitative estimate of drug-likeness (QED) is 0.477. The van der Waals surface area contributed by atoms with Crippen LogP contribution in [-0.2, 0) is 14.8 Å². The number of carbonyl (C=O) groups is 1. The van der Waals surface area contributed by atoms with Gasteiger partial charge in [-0.1, -0.05) is 37.3 Å². The Kier molecular flexibility index (Phi) is 7.22. The lowest BCUT2D eigenvalue weighted by Crippen LogP contribution is -2.63. The minimum atomic E-state index is -4.01. The van der Waals surface area contributed by atoms with Crippen LogP contribution in [0.25, 0.3) is 11.1 Å². The van der Waals surface area contributed by atoms with E-state index in [9.17, 15) is 22.8 Å². The molecule has 2 aromatic carbocycles. The number of amides is 1. The van der Waals surface area contributed by atoms with Gasteiger partial charge in [0, 0.05) is 50.5 Å². The molecule has 2 aromatic rings. The van der Waals surface area contributed by atoms with E-state index in [2.05, 4.69) is 4.90 Å². The third kappa shape index (κ3) is 4.43. The molecule has 1 amide bonds. The molecule has 0 aromatic heterocycles. The number of piperidine rings is 1. The minimum absolute atomic E-state index is 0.127. The summed E-state index contributed by atoms with van der Waals surface area (Å²) in [5, 5.41) is 9.32. The summed E-state index contributed by atoms with van der Waals surface area (Å²) in [6, 6.07) is 14.4. The van der Waals surface area contributed by atoms with Crippen molar-refractivity contribution in [1.29, 1.82) is 0 Å². The van der Waals surface area contributed by atoms with E-state index < -0.39 is 20.7 Å². The summed E-state index contributed by atoms with van der Waals surface area (Å²) in [5.41, 5.74) is 3.60. The van der Waals surface area contributed by atoms with Crippen LogP contribution < -0.4 is 10.4 Å². The highest BCUT2D eigenvalue weighted by Gasteiger charge is 2.54. The van der Waals surface area contributed by atoms with Gasteiger partial charge in [0.25, 0.3) is 5.91 Å². The van der Waals surface area contributed by atoms with Crippen molar-refractivity contribution in [2.75, 3.05) is 50.7 Å². The lowest BCUT2D eigenvalue weighted by Gasteiger charge is -2.44. The normalized spacial score (nSPS) is 19.7. The molecular formula is C24H31FN4O4S. The summed E-state index contributed by atoms with van der Waals surface area (Å²) in [6.45, 7) is 4.82. The van der Waals surface area contributed by atoms with Gasteiger partial charge in [0.2, 0.25) is 10.0 Å². The first-order chi connectivity index (χ1) is 16.3. The maximum Gasteiger partial charge on any atom is 0.266 e. The highest BCUT2D eigenvalue weighted by Crippen LogP contribution is 2.35. The van der Waals surface area contributed by atoms with Crippen molar-refractivity contribution in [2.45, 2.75) is 24.5 Å². The predicted octanol–water partition coefficient (Wildman–Crippen LogP) is 2.30. The molecule has 8 nitrogen and oxygen atoms in total. The van der Waals surface area contributed by atoms with E-state index in [1.807, 2.05) is 48.2 Å². The maximum absolute atomic E-state index is 14.8. The minimum Gasteiger partial charge on any atom is -0.369 e. The highest BCUT2D eigenvalue weighted by molar-refractivity contribution is 7.91. The molecule has 2 N–H and O–H groups in total. The molecule has 2 aliphatic heterocycles. The van der Waals surface area contributed by atoms with Gasteiger partial charge in [-0.05, 0) is 43.1 Å². The molecule has 2 saturated heterocycles. The van der Waals surface area contributed by atoms with Gasteiger partial charge in [-0.3, -0.25) is 10.0 Å². The fourth-order valence-corrected chi connectivity index (χ4v) is 7.04. The van der Waals surface area contributed by atoms with Crippen LogP contribution in [0, 0.1) is 5.82 Å². The van der Waals surface area contributed by atoms with E-state index in [0.717, 1.165) is 12.1 Å². The van der Waals surface area contributed by atoms with Gasteiger partial charge in [-0.25, -0.2) is 18.3 Å². The molecule has 2 fully saturated rings. The Balaban J connectivity index is 1.48. The topological polar surface area (TPSA) is 93.2 Å². The number of carbonyl (C=O) groups excluding carboxylic acids is 1. The highest BCUT2D eigenvalue weighted by atomic mass is 32.2. The van der Waals surface area contributed by atoms with Crippen molar-refractivity contribution in [3.05, 3.63) is 54.3 Å². The van der Waals surface area contributed by atoms with Crippen molar-refractivity contribution >= 4 is 21.6 Å². The van der Waals surface area contributed by atoms with Gasteiger partial charge in [0.15, 0.2) is 4.75 Å². The molecule has 0 spiro atoms. The second kappa shape index (κ2) is 9.99. The van der Waals surface area contributed by atoms with Crippen LogP contribution >= 0.6 is 0 Å². The lowest BCUT2D eigenvalue weighted by molar-refractivity contribution is -0.133. The maximum atomic E-state index is 14.8. The first-order valence-electron chi connectivity index (χ1n) is 11.6. The van der Waals surface area contributed by atoms with Crippen molar-refractivity contribution in [3.8, 4) is 11.1 Å². The summed E-state index contributed by atoms with van der Waals surface area (Å²) in [4.78, 5) is 16.6. The third-order valence-electron chi connectivity index (χ3n) is 7.10. The predicted molar refractivity (Wildman–Crippen MR) is 129 cm³/mol. The van der Waals surface area contributed by atoms with Crippen LogP contribution in [0.4, 0.5) is 10.1 Å². The van der Waals surface area contributed by atoms with Crippen LogP contribution in [-0.4, -0.2) is 79.3 Å². The number of piperazine rings is 1. The Labute approximate surface area is 200 Å². The van der Waals surface area contributed by atoms with Crippen molar-refractivity contribution in [3.63, 3.8) is 0 Å². The van der Waals surface area contributed by atoms with Crippen molar-refractivity contribution in [2.24, 2.45) is 0 Å². The number of sulfonamides is 1. The second-order valence-corrected chi connectivity index (χ2v) is 11.0. The summed E-state index contributed by atoms with van der Waals surface area (Å²) >= 11 is 0. The van der Waals surface area contributed by atoms with E-state index in [4.69, 9.17) is 0 Å². The number of hydroxylamine groups is 1. The van der Waals surface area contributed by atoms with Gasteiger partial charge in [0.05, 0.1) is 0 Å². The molecule has 4 rings (SSSR count). The van der Waals surface area contributed by atoms with Gasteiger partial charge in [-0.2, -0.15) is 4.31 Å². The first kappa shape index (κ1) is 24.6.